The van der Waals surface area contributed by atoms with Crippen LogP contribution in [0.25, 0.3) is 0 Å². The third-order valence-corrected chi connectivity index (χ3v) is 2.51. The molecule has 0 aliphatic carbocycles. The molecule has 0 radical (unpaired) electrons. The Labute approximate surface area is 111 Å². The zero-order chi connectivity index (χ0) is 13.7. The molecule has 0 fully saturated rings. The van der Waals surface area contributed by atoms with Crippen LogP contribution in [0.15, 0.2) is 18.6 Å². The maximum Gasteiger partial charge on any atom is 0.270 e. The largest absolute Gasteiger partial charge is 0.345 e. The van der Waals surface area contributed by atoms with Gasteiger partial charge in [-0.05, 0) is 19.4 Å². The van der Waals surface area contributed by atoms with Crippen molar-refractivity contribution in [2.75, 3.05) is 0 Å². The second-order valence-electron chi connectivity index (χ2n) is 4.20. The standard InChI is InChI=1S/C12H16N6O/c1-3-4-18-7-10(16-17-18)6-13-12(19)11-5-9(2)14-8-15-11/h5,7-8H,3-4,6H2,1-2H3,(H,13,19). The Balaban J connectivity index is 1.92. The molecule has 0 spiro atoms. The molecule has 7 nitrogen and oxygen atoms in total. The highest BCUT2D eigenvalue weighted by atomic mass is 16.1. The first-order valence-electron chi connectivity index (χ1n) is 6.15. The topological polar surface area (TPSA) is 85.6 Å². The first-order chi connectivity index (χ1) is 9.19. The minimum absolute atomic E-state index is 0.240. The van der Waals surface area contributed by atoms with Crippen LogP contribution in [0.5, 0.6) is 0 Å². The maximum atomic E-state index is 11.8. The first-order valence-corrected chi connectivity index (χ1v) is 6.15. The van der Waals surface area contributed by atoms with Crippen LogP contribution in [0.3, 0.4) is 0 Å². The van der Waals surface area contributed by atoms with E-state index in [2.05, 4.69) is 32.5 Å². The van der Waals surface area contributed by atoms with E-state index in [1.165, 1.54) is 6.33 Å². The van der Waals surface area contributed by atoms with Crippen LogP contribution in [-0.4, -0.2) is 30.9 Å². The van der Waals surface area contributed by atoms with Gasteiger partial charge < -0.3 is 5.32 Å². The number of rotatable bonds is 5. The number of hydrogen-bond acceptors (Lipinski definition) is 5. The van der Waals surface area contributed by atoms with Crippen LogP contribution in [-0.2, 0) is 13.1 Å². The van der Waals surface area contributed by atoms with Gasteiger partial charge in [-0.15, -0.1) is 5.10 Å². The predicted molar refractivity (Wildman–Crippen MR) is 68.3 cm³/mol. The van der Waals surface area contributed by atoms with Crippen LogP contribution in [0, 0.1) is 6.92 Å². The van der Waals surface area contributed by atoms with Crippen molar-refractivity contribution in [3.05, 3.63) is 35.7 Å². The smallest absolute Gasteiger partial charge is 0.270 e. The normalized spacial score (nSPS) is 10.4. The molecule has 0 saturated heterocycles. The predicted octanol–water partition coefficient (Wildman–Crippen LogP) is 0.717. The highest BCUT2D eigenvalue weighted by Crippen LogP contribution is 1.98. The minimum atomic E-state index is -0.240. The van der Waals surface area contributed by atoms with Crippen LogP contribution in [0.4, 0.5) is 0 Å². The molecular formula is C12H16N6O. The summed E-state index contributed by atoms with van der Waals surface area (Å²) in [7, 11) is 0. The second-order valence-corrected chi connectivity index (χ2v) is 4.20. The van der Waals surface area contributed by atoms with Crippen molar-refractivity contribution in [1.82, 2.24) is 30.3 Å². The summed E-state index contributed by atoms with van der Waals surface area (Å²) < 4.78 is 1.76. The van der Waals surface area contributed by atoms with Gasteiger partial charge >= 0.3 is 0 Å². The third kappa shape index (κ3) is 3.57. The minimum Gasteiger partial charge on any atom is -0.345 e. The fraction of sp³-hybridized carbons (Fsp3) is 0.417. The van der Waals surface area contributed by atoms with E-state index in [-0.39, 0.29) is 5.91 Å². The molecule has 2 rings (SSSR count). The van der Waals surface area contributed by atoms with Gasteiger partial charge in [0.15, 0.2) is 0 Å². The van der Waals surface area contributed by atoms with E-state index in [0.717, 1.165) is 24.4 Å². The molecule has 2 aromatic heterocycles. The fourth-order valence-corrected chi connectivity index (χ4v) is 1.60. The summed E-state index contributed by atoms with van der Waals surface area (Å²) in [6, 6.07) is 1.64. The average Bonchev–Trinajstić information content (AvgIpc) is 2.84. The lowest BCUT2D eigenvalue weighted by Gasteiger charge is -2.02. The van der Waals surface area contributed by atoms with Crippen molar-refractivity contribution in [2.24, 2.45) is 0 Å². The number of aromatic nitrogens is 5. The summed E-state index contributed by atoms with van der Waals surface area (Å²) >= 11 is 0. The lowest BCUT2D eigenvalue weighted by molar-refractivity contribution is 0.0945. The van der Waals surface area contributed by atoms with Gasteiger partial charge in [-0.2, -0.15) is 0 Å². The Morgan fingerprint density at radius 1 is 1.42 bits per heavy atom. The molecule has 2 aromatic rings. The van der Waals surface area contributed by atoms with Crippen molar-refractivity contribution in [1.29, 1.82) is 0 Å². The Morgan fingerprint density at radius 3 is 3.00 bits per heavy atom. The van der Waals surface area contributed by atoms with Crippen molar-refractivity contribution < 1.29 is 4.79 Å². The number of nitrogens with one attached hydrogen (secondary N) is 1. The summed E-state index contributed by atoms with van der Waals surface area (Å²) in [4.78, 5) is 19.7. The van der Waals surface area contributed by atoms with Gasteiger partial charge in [0.2, 0.25) is 0 Å². The molecule has 0 aliphatic heterocycles. The molecule has 100 valence electrons. The Kier molecular flexibility index (Phi) is 4.17. The van der Waals surface area contributed by atoms with Gasteiger partial charge in [-0.25, -0.2) is 9.97 Å². The van der Waals surface area contributed by atoms with E-state index >= 15 is 0 Å². The Morgan fingerprint density at radius 2 is 2.26 bits per heavy atom. The van der Waals surface area contributed by atoms with Crippen LogP contribution >= 0.6 is 0 Å². The summed E-state index contributed by atoms with van der Waals surface area (Å²) in [5.41, 5.74) is 1.84. The van der Waals surface area contributed by atoms with Crippen molar-refractivity contribution in [2.45, 2.75) is 33.4 Å². The Bertz CT molecular complexity index is 565. The zero-order valence-corrected chi connectivity index (χ0v) is 11.0. The third-order valence-electron chi connectivity index (χ3n) is 2.51. The van der Waals surface area contributed by atoms with Crippen molar-refractivity contribution >= 4 is 5.91 Å². The maximum absolute atomic E-state index is 11.8. The monoisotopic (exact) mass is 260 g/mol. The number of carbonyl (C=O) groups is 1. The summed E-state index contributed by atoms with van der Waals surface area (Å²) in [5, 5.41) is 10.7. The number of aryl methyl sites for hydroxylation is 2. The summed E-state index contributed by atoms with van der Waals surface area (Å²) in [6.45, 7) is 5.05. The fourth-order valence-electron chi connectivity index (χ4n) is 1.60. The van der Waals surface area contributed by atoms with E-state index in [0.29, 0.717) is 12.2 Å². The molecule has 0 aromatic carbocycles. The van der Waals surface area contributed by atoms with Gasteiger partial charge in [-0.3, -0.25) is 9.48 Å². The molecule has 7 heteroatoms. The van der Waals surface area contributed by atoms with Gasteiger partial charge in [0.25, 0.3) is 5.91 Å². The quantitative estimate of drug-likeness (QED) is 0.856. The highest BCUT2D eigenvalue weighted by Gasteiger charge is 2.08. The lowest BCUT2D eigenvalue weighted by Crippen LogP contribution is -2.24. The van der Waals surface area contributed by atoms with Gasteiger partial charge in [0, 0.05) is 12.2 Å². The average molecular weight is 260 g/mol. The molecule has 1 N–H and O–H groups in total. The molecule has 19 heavy (non-hydrogen) atoms. The van der Waals surface area contributed by atoms with E-state index < -0.39 is 0 Å². The molecule has 1 amide bonds. The molecular weight excluding hydrogens is 244 g/mol. The molecule has 0 unspecified atom stereocenters. The van der Waals surface area contributed by atoms with Gasteiger partial charge in [-0.1, -0.05) is 12.1 Å². The summed E-state index contributed by atoms with van der Waals surface area (Å²) in [5.74, 6) is -0.240. The van der Waals surface area contributed by atoms with Gasteiger partial charge in [0.1, 0.15) is 17.7 Å². The second kappa shape index (κ2) is 6.03. The lowest BCUT2D eigenvalue weighted by atomic mass is 10.3. The number of nitrogens with zero attached hydrogens (tertiary/aromatic N) is 5. The summed E-state index contributed by atoms with van der Waals surface area (Å²) in [6.07, 6.45) is 4.20. The van der Waals surface area contributed by atoms with Crippen LogP contribution < -0.4 is 5.32 Å². The van der Waals surface area contributed by atoms with E-state index in [1.807, 2.05) is 13.1 Å². The van der Waals surface area contributed by atoms with Gasteiger partial charge in [0.05, 0.1) is 12.7 Å². The number of amides is 1. The van der Waals surface area contributed by atoms with E-state index in [9.17, 15) is 4.79 Å². The Hall–Kier alpha value is -2.31. The molecule has 0 aliphatic rings. The van der Waals surface area contributed by atoms with Crippen LogP contribution in [0.2, 0.25) is 0 Å². The zero-order valence-electron chi connectivity index (χ0n) is 11.0. The first kappa shape index (κ1) is 13.1. The molecule has 2 heterocycles. The molecule has 0 bridgehead atoms. The van der Waals surface area contributed by atoms with Crippen LogP contribution in [0.1, 0.15) is 35.2 Å². The number of hydrogen-bond donors (Lipinski definition) is 1. The molecule has 0 saturated carbocycles. The number of carbonyl (C=O) groups excluding carboxylic acids is 1. The van der Waals surface area contributed by atoms with Crippen molar-refractivity contribution in [3.63, 3.8) is 0 Å². The van der Waals surface area contributed by atoms with E-state index in [4.69, 9.17) is 0 Å². The highest BCUT2D eigenvalue weighted by molar-refractivity contribution is 5.92. The molecule has 0 atom stereocenters. The van der Waals surface area contributed by atoms with Crippen molar-refractivity contribution in [3.8, 4) is 0 Å². The van der Waals surface area contributed by atoms with E-state index in [1.54, 1.807) is 10.7 Å². The SMILES string of the molecule is CCCn1cc(CNC(=O)c2cc(C)ncn2)nn1.